The molecule has 7 heteroatoms. The van der Waals surface area contributed by atoms with E-state index in [1.807, 2.05) is 84.2 Å². The van der Waals surface area contributed by atoms with Crippen molar-refractivity contribution in [3.8, 4) is 22.4 Å². The van der Waals surface area contributed by atoms with Gasteiger partial charge >= 0.3 is 5.97 Å². The maximum absolute atomic E-state index is 12.8. The van der Waals surface area contributed by atoms with E-state index in [0.717, 1.165) is 33.0 Å². The van der Waals surface area contributed by atoms with Gasteiger partial charge in [0.25, 0.3) is 0 Å². The first kappa shape index (κ1) is 23.7. The minimum Gasteiger partial charge on any atom is -0.481 e. The number of hydrogen-bond donors (Lipinski definition) is 2. The molecule has 3 aromatic carbocycles. The molecule has 0 aliphatic heterocycles. The molecule has 4 rings (SSSR count). The van der Waals surface area contributed by atoms with Crippen LogP contribution in [0.1, 0.15) is 17.0 Å². The molecule has 2 N–H and O–H groups in total. The summed E-state index contributed by atoms with van der Waals surface area (Å²) in [6, 6.07) is 25.1. The van der Waals surface area contributed by atoms with Crippen LogP contribution in [0.25, 0.3) is 22.4 Å². The van der Waals surface area contributed by atoms with Crippen molar-refractivity contribution in [3.63, 3.8) is 0 Å². The van der Waals surface area contributed by atoms with Crippen LogP contribution in [-0.2, 0) is 22.6 Å². The molecule has 0 unspecified atom stereocenters. The van der Waals surface area contributed by atoms with Crippen molar-refractivity contribution in [1.29, 1.82) is 0 Å². The fourth-order valence-electron chi connectivity index (χ4n) is 3.78. The monoisotopic (exact) mass is 490 g/mol. The van der Waals surface area contributed by atoms with E-state index in [2.05, 4.69) is 5.32 Å². The molecule has 0 aliphatic carbocycles. The second-order valence-corrected chi connectivity index (χ2v) is 9.26. The predicted molar refractivity (Wildman–Crippen MR) is 136 cm³/mol. The van der Waals surface area contributed by atoms with E-state index in [-0.39, 0.29) is 18.9 Å². The molecule has 0 saturated heterocycles. The highest BCUT2D eigenvalue weighted by atomic mass is 35.5. The second kappa shape index (κ2) is 11.1. The summed E-state index contributed by atoms with van der Waals surface area (Å²) in [6.07, 6.45) is 0.148. The number of carbonyl (C=O) groups is 2. The Morgan fingerprint density at radius 2 is 1.62 bits per heavy atom. The topological polar surface area (TPSA) is 79.3 Å². The first-order chi connectivity index (χ1) is 16.5. The summed E-state index contributed by atoms with van der Waals surface area (Å²) in [4.78, 5) is 28.8. The predicted octanol–water partition coefficient (Wildman–Crippen LogP) is 6.08. The molecule has 4 aromatic rings. The van der Waals surface area contributed by atoms with Crippen molar-refractivity contribution in [2.45, 2.75) is 19.4 Å². The molecule has 1 amide bonds. The summed E-state index contributed by atoms with van der Waals surface area (Å²) in [7, 11) is 0. The zero-order chi connectivity index (χ0) is 23.9. The number of hydrogen-bond acceptors (Lipinski definition) is 4. The van der Waals surface area contributed by atoms with Crippen LogP contribution in [-0.4, -0.2) is 22.0 Å². The minimum atomic E-state index is -0.994. The van der Waals surface area contributed by atoms with E-state index in [0.29, 0.717) is 11.4 Å². The normalized spacial score (nSPS) is 11.7. The van der Waals surface area contributed by atoms with Gasteiger partial charge in [-0.05, 0) is 35.2 Å². The number of aromatic nitrogens is 1. The molecule has 0 spiro atoms. The third-order valence-corrected chi connectivity index (χ3v) is 6.54. The zero-order valence-corrected chi connectivity index (χ0v) is 19.9. The van der Waals surface area contributed by atoms with Crippen LogP contribution in [0.2, 0.25) is 5.02 Å². The summed E-state index contributed by atoms with van der Waals surface area (Å²) < 4.78 is 0. The molecule has 172 valence electrons. The number of amides is 1. The fraction of sp³-hybridized carbons (Fsp3) is 0.148. The molecular formula is C27H23ClN2O3S. The van der Waals surface area contributed by atoms with Crippen LogP contribution in [0.4, 0.5) is 0 Å². The standard InChI is InChI=1S/C27H23ClN2O3S/c28-21-12-10-19(11-13-21)22-8-4-5-9-23(22)24-17-34-25(30-24)16-29-27(33)20(15-26(31)32)14-18-6-2-1-3-7-18/h1-13,17,20H,14-16H2,(H,29,33)(H,31,32)/t20-/m1/s1. The highest BCUT2D eigenvalue weighted by molar-refractivity contribution is 7.09. The van der Waals surface area contributed by atoms with E-state index in [9.17, 15) is 14.7 Å². The Bertz CT molecular complexity index is 1270. The number of carboxylic acids is 1. The fourth-order valence-corrected chi connectivity index (χ4v) is 4.64. The van der Waals surface area contributed by atoms with Gasteiger partial charge < -0.3 is 10.4 Å². The highest BCUT2D eigenvalue weighted by Gasteiger charge is 2.22. The lowest BCUT2D eigenvalue weighted by Crippen LogP contribution is -2.33. The summed E-state index contributed by atoms with van der Waals surface area (Å²) in [6.45, 7) is 0.248. The van der Waals surface area contributed by atoms with Crippen molar-refractivity contribution in [2.75, 3.05) is 0 Å². The van der Waals surface area contributed by atoms with Crippen LogP contribution in [0.3, 0.4) is 0 Å². The molecule has 1 aromatic heterocycles. The number of thiazole rings is 1. The van der Waals surface area contributed by atoms with Gasteiger partial charge in [-0.1, -0.05) is 78.3 Å². The largest absolute Gasteiger partial charge is 0.481 e. The number of carboxylic acid groups (broad SMARTS) is 1. The van der Waals surface area contributed by atoms with E-state index in [1.165, 1.54) is 11.3 Å². The van der Waals surface area contributed by atoms with Crippen molar-refractivity contribution < 1.29 is 14.7 Å². The number of benzene rings is 3. The van der Waals surface area contributed by atoms with Crippen molar-refractivity contribution in [1.82, 2.24) is 10.3 Å². The number of aliphatic carboxylic acids is 1. The van der Waals surface area contributed by atoms with E-state index >= 15 is 0 Å². The number of carbonyl (C=O) groups excluding carboxylic acids is 1. The number of rotatable bonds is 9. The Labute approximate surface area is 207 Å². The molecular weight excluding hydrogens is 468 g/mol. The van der Waals surface area contributed by atoms with Gasteiger partial charge in [-0.3, -0.25) is 9.59 Å². The lowest BCUT2D eigenvalue weighted by atomic mass is 9.95. The summed E-state index contributed by atoms with van der Waals surface area (Å²) >= 11 is 7.50. The van der Waals surface area contributed by atoms with Crippen molar-refractivity contribution in [3.05, 3.63) is 99.8 Å². The van der Waals surface area contributed by atoms with Gasteiger partial charge in [0.05, 0.1) is 24.6 Å². The van der Waals surface area contributed by atoms with Crippen LogP contribution in [0, 0.1) is 5.92 Å². The second-order valence-electron chi connectivity index (χ2n) is 7.88. The van der Waals surface area contributed by atoms with Crippen molar-refractivity contribution in [2.24, 2.45) is 5.92 Å². The van der Waals surface area contributed by atoms with E-state index < -0.39 is 11.9 Å². The average molecular weight is 491 g/mol. The van der Waals surface area contributed by atoms with Crippen LogP contribution in [0.5, 0.6) is 0 Å². The Kier molecular flexibility index (Phi) is 7.72. The Balaban J connectivity index is 1.46. The van der Waals surface area contributed by atoms with Gasteiger partial charge in [-0.25, -0.2) is 4.98 Å². The van der Waals surface area contributed by atoms with Gasteiger partial charge in [0.15, 0.2) is 0 Å². The third-order valence-electron chi connectivity index (χ3n) is 5.44. The quantitative estimate of drug-likeness (QED) is 0.298. The maximum atomic E-state index is 12.8. The molecule has 5 nitrogen and oxygen atoms in total. The zero-order valence-electron chi connectivity index (χ0n) is 18.3. The first-order valence-electron chi connectivity index (χ1n) is 10.8. The molecule has 1 heterocycles. The summed E-state index contributed by atoms with van der Waals surface area (Å²) in [5, 5.41) is 15.5. The Hall–Kier alpha value is -3.48. The smallest absolute Gasteiger partial charge is 0.304 e. The molecule has 0 bridgehead atoms. The number of nitrogens with zero attached hydrogens (tertiary/aromatic N) is 1. The lowest BCUT2D eigenvalue weighted by Gasteiger charge is -2.14. The van der Waals surface area contributed by atoms with Gasteiger partial charge in [0.2, 0.25) is 5.91 Å². The maximum Gasteiger partial charge on any atom is 0.304 e. The summed E-state index contributed by atoms with van der Waals surface area (Å²) in [5.41, 5.74) is 4.83. The van der Waals surface area contributed by atoms with Gasteiger partial charge in [-0.15, -0.1) is 11.3 Å². The first-order valence-corrected chi connectivity index (χ1v) is 12.1. The SMILES string of the molecule is O=C(O)C[C@@H](Cc1ccccc1)C(=O)NCc1nc(-c2ccccc2-c2ccc(Cl)cc2)cs1. The molecule has 34 heavy (non-hydrogen) atoms. The number of halogens is 1. The summed E-state index contributed by atoms with van der Waals surface area (Å²) in [5.74, 6) is -1.93. The highest BCUT2D eigenvalue weighted by Crippen LogP contribution is 2.33. The van der Waals surface area contributed by atoms with Gasteiger partial charge in [0.1, 0.15) is 5.01 Å². The molecule has 0 aliphatic rings. The van der Waals surface area contributed by atoms with E-state index in [4.69, 9.17) is 16.6 Å². The van der Waals surface area contributed by atoms with Crippen LogP contribution >= 0.6 is 22.9 Å². The molecule has 0 radical (unpaired) electrons. The van der Waals surface area contributed by atoms with Crippen LogP contribution in [0.15, 0.2) is 84.2 Å². The van der Waals surface area contributed by atoms with Crippen LogP contribution < -0.4 is 5.32 Å². The lowest BCUT2D eigenvalue weighted by molar-refractivity contribution is -0.141. The van der Waals surface area contributed by atoms with Gasteiger partial charge in [-0.2, -0.15) is 0 Å². The van der Waals surface area contributed by atoms with Gasteiger partial charge in [0, 0.05) is 16.0 Å². The Morgan fingerprint density at radius 1 is 0.941 bits per heavy atom. The Morgan fingerprint density at radius 3 is 2.32 bits per heavy atom. The average Bonchev–Trinajstić information content (AvgIpc) is 3.32. The minimum absolute atomic E-state index is 0.224. The third kappa shape index (κ3) is 6.10. The molecule has 0 fully saturated rings. The molecule has 1 atom stereocenters. The van der Waals surface area contributed by atoms with E-state index in [1.54, 1.807) is 0 Å². The number of nitrogens with one attached hydrogen (secondary N) is 1. The molecule has 0 saturated carbocycles. The van der Waals surface area contributed by atoms with Crippen molar-refractivity contribution >= 4 is 34.8 Å².